The molecule has 3 rings (SSSR count). The first kappa shape index (κ1) is 22.7. The molecule has 1 N–H and O–H groups in total. The molecule has 3 aromatic rings. The second-order valence-electron chi connectivity index (χ2n) is 6.95. The van der Waals surface area contributed by atoms with E-state index in [-0.39, 0.29) is 12.5 Å². The molecule has 0 saturated heterocycles. The Morgan fingerprint density at radius 3 is 2.10 bits per heavy atom. The summed E-state index contributed by atoms with van der Waals surface area (Å²) in [6.45, 7) is 2.02. The number of hydrogen-bond donors (Lipinski definition) is 1. The minimum absolute atomic E-state index is 0.210. The molecule has 0 spiro atoms. The Morgan fingerprint density at radius 1 is 0.935 bits per heavy atom. The molecule has 8 heteroatoms. The number of nitrogens with zero attached hydrogens (tertiary/aromatic N) is 2. The maximum atomic E-state index is 12.4. The van der Waals surface area contributed by atoms with E-state index < -0.39 is 10.0 Å². The normalized spacial score (nSPS) is 11.8. The zero-order valence-electron chi connectivity index (χ0n) is 17.1. The molecule has 0 atom stereocenters. The van der Waals surface area contributed by atoms with Gasteiger partial charge in [0.15, 0.2) is 0 Å². The fourth-order valence-electron chi connectivity index (χ4n) is 2.88. The summed E-state index contributed by atoms with van der Waals surface area (Å²) in [4.78, 5) is 12.4. The van der Waals surface area contributed by atoms with Crippen molar-refractivity contribution in [1.29, 1.82) is 0 Å². The summed E-state index contributed by atoms with van der Waals surface area (Å²) in [5.41, 5.74) is 5.83. The predicted molar refractivity (Wildman–Crippen MR) is 128 cm³/mol. The number of nitrogens with one attached hydrogen (secondary N) is 1. The molecule has 0 aromatic heterocycles. The van der Waals surface area contributed by atoms with Crippen LogP contribution >= 0.6 is 15.9 Å². The molecule has 0 bridgehead atoms. The van der Waals surface area contributed by atoms with Crippen LogP contribution in [0.3, 0.4) is 0 Å². The maximum Gasteiger partial charge on any atom is 0.271 e. The first-order chi connectivity index (χ1) is 14.7. The van der Waals surface area contributed by atoms with Gasteiger partial charge in [-0.05, 0) is 54.4 Å². The molecule has 31 heavy (non-hydrogen) atoms. The van der Waals surface area contributed by atoms with Crippen LogP contribution in [0.4, 0.5) is 5.69 Å². The summed E-state index contributed by atoms with van der Waals surface area (Å²) < 4.78 is 26.9. The van der Waals surface area contributed by atoms with Crippen LogP contribution in [0.1, 0.15) is 28.4 Å². The minimum atomic E-state index is -3.50. The van der Waals surface area contributed by atoms with Crippen LogP contribution < -0.4 is 9.73 Å². The molecule has 0 aliphatic heterocycles. The summed E-state index contributed by atoms with van der Waals surface area (Å²) in [6, 6.07) is 23.3. The number of amides is 1. The fraction of sp³-hybridized carbons (Fsp3) is 0.130. The van der Waals surface area contributed by atoms with E-state index in [1.54, 1.807) is 31.2 Å². The molecule has 0 unspecified atom stereocenters. The van der Waals surface area contributed by atoms with E-state index in [1.165, 1.54) is 4.31 Å². The monoisotopic (exact) mass is 499 g/mol. The topological polar surface area (TPSA) is 78.8 Å². The van der Waals surface area contributed by atoms with Gasteiger partial charge >= 0.3 is 0 Å². The van der Waals surface area contributed by atoms with Gasteiger partial charge in [-0.3, -0.25) is 9.10 Å². The molecular formula is C23H22BrN3O3S. The zero-order valence-corrected chi connectivity index (χ0v) is 19.5. The molecule has 0 heterocycles. The van der Waals surface area contributed by atoms with Crippen LogP contribution in [0.2, 0.25) is 0 Å². The van der Waals surface area contributed by atoms with Gasteiger partial charge in [0.25, 0.3) is 5.91 Å². The molecular weight excluding hydrogens is 478 g/mol. The predicted octanol–water partition coefficient (Wildman–Crippen LogP) is 4.57. The highest BCUT2D eigenvalue weighted by molar-refractivity contribution is 9.10. The lowest BCUT2D eigenvalue weighted by Gasteiger charge is -2.22. The zero-order chi connectivity index (χ0) is 22.4. The van der Waals surface area contributed by atoms with E-state index in [9.17, 15) is 13.2 Å². The summed E-state index contributed by atoms with van der Waals surface area (Å²) in [5.74, 6) is -0.378. The molecule has 160 valence electrons. The van der Waals surface area contributed by atoms with Crippen molar-refractivity contribution in [3.05, 3.63) is 100 Å². The molecule has 1 amide bonds. The van der Waals surface area contributed by atoms with Gasteiger partial charge in [0.05, 0.1) is 24.2 Å². The summed E-state index contributed by atoms with van der Waals surface area (Å²) in [5, 5.41) is 4.15. The number of rotatable bonds is 7. The van der Waals surface area contributed by atoms with Crippen molar-refractivity contribution in [1.82, 2.24) is 5.43 Å². The summed E-state index contributed by atoms with van der Waals surface area (Å²) in [7, 11) is -3.50. The first-order valence-electron chi connectivity index (χ1n) is 9.46. The van der Waals surface area contributed by atoms with Crippen LogP contribution in [-0.2, 0) is 16.6 Å². The van der Waals surface area contributed by atoms with Gasteiger partial charge in [0, 0.05) is 10.0 Å². The van der Waals surface area contributed by atoms with Crippen molar-refractivity contribution in [2.45, 2.75) is 13.5 Å². The van der Waals surface area contributed by atoms with Crippen molar-refractivity contribution >= 4 is 43.3 Å². The Kier molecular flexibility index (Phi) is 7.25. The maximum absolute atomic E-state index is 12.4. The van der Waals surface area contributed by atoms with Crippen LogP contribution in [0, 0.1) is 0 Å². The molecule has 0 fully saturated rings. The van der Waals surface area contributed by atoms with Crippen molar-refractivity contribution in [3.8, 4) is 0 Å². The highest BCUT2D eigenvalue weighted by atomic mass is 79.9. The Morgan fingerprint density at radius 2 is 1.52 bits per heavy atom. The number of sulfonamides is 1. The number of carbonyl (C=O) groups is 1. The van der Waals surface area contributed by atoms with Crippen LogP contribution in [0.25, 0.3) is 0 Å². The third kappa shape index (κ3) is 6.26. The Bertz CT molecular complexity index is 1180. The molecule has 6 nitrogen and oxygen atoms in total. The third-order valence-corrected chi connectivity index (χ3v) is 6.24. The van der Waals surface area contributed by atoms with Gasteiger partial charge in [0.2, 0.25) is 10.0 Å². The van der Waals surface area contributed by atoms with Gasteiger partial charge in [-0.25, -0.2) is 13.8 Å². The van der Waals surface area contributed by atoms with Gasteiger partial charge in [-0.1, -0.05) is 58.4 Å². The summed E-state index contributed by atoms with van der Waals surface area (Å²) in [6.07, 6.45) is 1.16. The highest BCUT2D eigenvalue weighted by Gasteiger charge is 2.18. The smallest absolute Gasteiger partial charge is 0.267 e. The van der Waals surface area contributed by atoms with E-state index >= 15 is 0 Å². The largest absolute Gasteiger partial charge is 0.271 e. The molecule has 0 radical (unpaired) electrons. The van der Waals surface area contributed by atoms with E-state index in [0.717, 1.165) is 21.9 Å². The quantitative estimate of drug-likeness (QED) is 0.382. The van der Waals surface area contributed by atoms with Crippen molar-refractivity contribution in [2.75, 3.05) is 10.6 Å². The van der Waals surface area contributed by atoms with E-state index in [1.807, 2.05) is 54.6 Å². The first-order valence-corrected chi connectivity index (χ1v) is 12.1. The lowest BCUT2D eigenvalue weighted by Crippen LogP contribution is -2.29. The number of hydrazone groups is 1. The van der Waals surface area contributed by atoms with Crippen LogP contribution in [-0.4, -0.2) is 26.3 Å². The van der Waals surface area contributed by atoms with Crippen LogP contribution in [0.15, 0.2) is 88.4 Å². The standard InChI is InChI=1S/C23H22BrN3O3S/c1-17(19-8-12-21(24)13-9-19)25-26-23(28)20-10-14-22(15-11-20)27(31(2,29)30)16-18-6-4-3-5-7-18/h3-15H,16H2,1-2H3,(H,26,28). The molecule has 0 aliphatic carbocycles. The second-order valence-corrected chi connectivity index (χ2v) is 9.77. The number of halogens is 1. The molecule has 0 saturated carbocycles. The average Bonchev–Trinajstić information content (AvgIpc) is 2.76. The van der Waals surface area contributed by atoms with Gasteiger partial charge in [-0.15, -0.1) is 0 Å². The van der Waals surface area contributed by atoms with Gasteiger partial charge in [-0.2, -0.15) is 5.10 Å². The number of benzene rings is 3. The van der Waals surface area contributed by atoms with Crippen molar-refractivity contribution in [2.24, 2.45) is 5.10 Å². The minimum Gasteiger partial charge on any atom is -0.267 e. The lowest BCUT2D eigenvalue weighted by atomic mass is 10.1. The Balaban J connectivity index is 1.73. The van der Waals surface area contributed by atoms with Gasteiger partial charge < -0.3 is 0 Å². The van der Waals surface area contributed by atoms with Crippen molar-refractivity contribution < 1.29 is 13.2 Å². The Hall–Kier alpha value is -2.97. The van der Waals surface area contributed by atoms with E-state index in [4.69, 9.17) is 0 Å². The van der Waals surface area contributed by atoms with E-state index in [2.05, 4.69) is 26.5 Å². The number of anilines is 1. The number of carbonyl (C=O) groups excluding carboxylic acids is 1. The average molecular weight is 500 g/mol. The Labute approximate surface area is 190 Å². The third-order valence-electron chi connectivity index (χ3n) is 4.57. The number of hydrogen-bond acceptors (Lipinski definition) is 4. The SMILES string of the molecule is CC(=NNC(=O)c1ccc(N(Cc2ccccc2)S(C)(=O)=O)cc1)c1ccc(Br)cc1. The fourth-order valence-corrected chi connectivity index (χ4v) is 4.04. The van der Waals surface area contributed by atoms with Crippen LogP contribution in [0.5, 0.6) is 0 Å². The second kappa shape index (κ2) is 9.89. The van der Waals surface area contributed by atoms with Crippen molar-refractivity contribution in [3.63, 3.8) is 0 Å². The molecule has 0 aliphatic rings. The highest BCUT2D eigenvalue weighted by Crippen LogP contribution is 2.21. The summed E-state index contributed by atoms with van der Waals surface area (Å²) >= 11 is 3.38. The molecule has 3 aromatic carbocycles. The lowest BCUT2D eigenvalue weighted by molar-refractivity contribution is 0.0955. The van der Waals surface area contributed by atoms with Gasteiger partial charge in [0.1, 0.15) is 0 Å². The van der Waals surface area contributed by atoms with E-state index in [0.29, 0.717) is 17.0 Å².